The largest absolute Gasteiger partial charge is 0.392 e. The van der Waals surface area contributed by atoms with Gasteiger partial charge in [-0.25, -0.2) is 0 Å². The van der Waals surface area contributed by atoms with Crippen LogP contribution in [0.15, 0.2) is 24.3 Å². The molecule has 18 atom stereocenters. The second kappa shape index (κ2) is 15.3. The van der Waals surface area contributed by atoms with E-state index in [1.54, 1.807) is 7.11 Å². The van der Waals surface area contributed by atoms with Crippen LogP contribution in [0.3, 0.4) is 0 Å². The van der Waals surface area contributed by atoms with Crippen molar-refractivity contribution in [3.8, 4) is 0 Å². The van der Waals surface area contributed by atoms with E-state index in [-0.39, 0.29) is 104 Å². The van der Waals surface area contributed by atoms with Gasteiger partial charge in [-0.2, -0.15) is 0 Å². The summed E-state index contributed by atoms with van der Waals surface area (Å²) in [5.41, 5.74) is 7.96. The number of fused-ring (bicyclic) bond motifs is 9. The molecule has 8 aliphatic rings. The molecule has 0 saturated carbocycles. The van der Waals surface area contributed by atoms with Crippen LogP contribution in [0.25, 0.3) is 0 Å². The summed E-state index contributed by atoms with van der Waals surface area (Å²) in [7, 11) is 1.65. The van der Waals surface area contributed by atoms with Gasteiger partial charge in [-0.3, -0.25) is 4.79 Å². The minimum Gasteiger partial charge on any atom is -0.392 e. The minimum atomic E-state index is -0.947. The smallest absolute Gasteiger partial charge is 0.172 e. The summed E-state index contributed by atoms with van der Waals surface area (Å²) in [6.07, 6.45) is 3.90. The molecule has 0 amide bonds. The third kappa shape index (κ3) is 7.48. The molecule has 12 nitrogen and oxygen atoms in total. The summed E-state index contributed by atoms with van der Waals surface area (Å²) in [6, 6.07) is 0. The Bertz CT molecular complexity index is 1330. The first kappa shape index (κ1) is 37.6. The monoisotopic (exact) mass is 731 g/mol. The summed E-state index contributed by atoms with van der Waals surface area (Å²) < 4.78 is 52.9. The van der Waals surface area contributed by atoms with Crippen LogP contribution in [0.4, 0.5) is 0 Å². The maximum atomic E-state index is 14.0. The maximum Gasteiger partial charge on any atom is 0.172 e. The first-order chi connectivity index (χ1) is 25.0. The number of aliphatic hydroxyl groups is 2. The van der Waals surface area contributed by atoms with Gasteiger partial charge in [-0.1, -0.05) is 20.1 Å². The predicted octanol–water partition coefficient (Wildman–Crippen LogP) is 3.42. The van der Waals surface area contributed by atoms with Crippen LogP contribution in [0, 0.1) is 11.8 Å². The SMILES string of the molecule is C=C1C[C@@H]2CC[C@]34C[C@@H](O)[C@H](O3)[C@H]3C[C@@H](O4)C4O[C@H](CC[C@@H]4O3)CC(=O)C[C@@H]3[C@@H](OC)[C@@H](C[C@H](O)CN)O[C@H]3C[C@H]3O[C@@H](CC[C@@H]1O2)C[C@@H](C)C3=C. The van der Waals surface area contributed by atoms with Crippen molar-refractivity contribution in [3.05, 3.63) is 24.3 Å². The van der Waals surface area contributed by atoms with E-state index in [1.165, 1.54) is 0 Å². The van der Waals surface area contributed by atoms with E-state index in [4.69, 9.17) is 43.6 Å². The van der Waals surface area contributed by atoms with Crippen molar-refractivity contribution in [2.45, 2.75) is 194 Å². The molecule has 8 saturated heterocycles. The Kier molecular flexibility index (Phi) is 11.1. The summed E-state index contributed by atoms with van der Waals surface area (Å²) in [5, 5.41) is 21.7. The molecule has 0 aromatic rings. The molecule has 0 aromatic carbocycles. The van der Waals surface area contributed by atoms with Crippen LogP contribution in [0.1, 0.15) is 96.8 Å². The van der Waals surface area contributed by atoms with Crippen LogP contribution in [-0.2, 0) is 42.7 Å². The lowest BCUT2D eigenvalue weighted by Gasteiger charge is -2.47. The minimum absolute atomic E-state index is 0.00397. The van der Waals surface area contributed by atoms with Crippen LogP contribution in [0.5, 0.6) is 0 Å². The number of hydrogen-bond acceptors (Lipinski definition) is 12. The Morgan fingerprint density at radius 2 is 1.63 bits per heavy atom. The molecule has 0 aliphatic carbocycles. The van der Waals surface area contributed by atoms with E-state index in [0.29, 0.717) is 38.5 Å². The molecular weight excluding hydrogens is 670 g/mol. The normalized spacial score (nSPS) is 50.4. The highest BCUT2D eigenvalue weighted by atomic mass is 16.7. The maximum absolute atomic E-state index is 14.0. The molecule has 8 fully saturated rings. The number of ether oxygens (including phenoxy) is 8. The van der Waals surface area contributed by atoms with Gasteiger partial charge in [0.2, 0.25) is 0 Å². The molecule has 292 valence electrons. The van der Waals surface area contributed by atoms with Crippen molar-refractivity contribution < 1.29 is 52.9 Å². The highest BCUT2D eigenvalue weighted by Gasteiger charge is 2.59. The number of carbonyl (C=O) groups is 1. The van der Waals surface area contributed by atoms with Gasteiger partial charge in [0.15, 0.2) is 5.79 Å². The number of methoxy groups -OCH3 is 1. The van der Waals surface area contributed by atoms with Gasteiger partial charge in [0.05, 0.1) is 79.4 Å². The molecule has 1 unspecified atom stereocenters. The lowest BCUT2D eigenvalue weighted by molar-refractivity contribution is -0.277. The summed E-state index contributed by atoms with van der Waals surface area (Å²) in [6.45, 7) is 11.2. The third-order valence-electron chi connectivity index (χ3n) is 13.6. The van der Waals surface area contributed by atoms with Gasteiger partial charge in [0, 0.05) is 64.5 Å². The molecule has 8 heterocycles. The van der Waals surface area contributed by atoms with Gasteiger partial charge < -0.3 is 53.8 Å². The molecule has 0 radical (unpaired) electrons. The zero-order valence-electron chi connectivity index (χ0n) is 31.0. The zero-order valence-corrected chi connectivity index (χ0v) is 31.0. The van der Waals surface area contributed by atoms with E-state index in [1.807, 2.05) is 0 Å². The van der Waals surface area contributed by atoms with E-state index >= 15 is 0 Å². The Morgan fingerprint density at radius 3 is 2.44 bits per heavy atom. The van der Waals surface area contributed by atoms with Gasteiger partial charge in [-0.05, 0) is 62.0 Å². The molecule has 52 heavy (non-hydrogen) atoms. The van der Waals surface area contributed by atoms with Gasteiger partial charge in [-0.15, -0.1) is 0 Å². The average molecular weight is 732 g/mol. The average Bonchev–Trinajstić information content (AvgIpc) is 3.72. The number of nitrogens with two attached hydrogens (primary N) is 1. The van der Waals surface area contributed by atoms with Crippen molar-refractivity contribution in [1.82, 2.24) is 0 Å². The van der Waals surface area contributed by atoms with Gasteiger partial charge in [0.1, 0.15) is 18.0 Å². The molecule has 10 bridgehead atoms. The highest BCUT2D eigenvalue weighted by Crippen LogP contribution is 2.49. The van der Waals surface area contributed by atoms with E-state index in [0.717, 1.165) is 49.7 Å². The fourth-order valence-corrected chi connectivity index (χ4v) is 10.8. The molecule has 4 N–H and O–H groups in total. The van der Waals surface area contributed by atoms with Crippen molar-refractivity contribution in [3.63, 3.8) is 0 Å². The second-order valence-electron chi connectivity index (χ2n) is 17.2. The van der Waals surface area contributed by atoms with Crippen molar-refractivity contribution >= 4 is 5.78 Å². The molecule has 8 aliphatic heterocycles. The van der Waals surface area contributed by atoms with E-state index in [2.05, 4.69) is 20.1 Å². The van der Waals surface area contributed by atoms with E-state index in [9.17, 15) is 15.0 Å². The number of Topliss-reactive ketones (excluding diaryl/α,β-unsaturated/α-hetero) is 1. The molecule has 1 spiro atoms. The van der Waals surface area contributed by atoms with Crippen LogP contribution >= 0.6 is 0 Å². The summed E-state index contributed by atoms with van der Waals surface area (Å²) >= 11 is 0. The lowest BCUT2D eigenvalue weighted by atomic mass is 9.81. The van der Waals surface area contributed by atoms with Crippen molar-refractivity contribution in [2.24, 2.45) is 17.6 Å². The molecule has 8 rings (SSSR count). The summed E-state index contributed by atoms with van der Waals surface area (Å²) in [4.78, 5) is 14.0. The highest BCUT2D eigenvalue weighted by molar-refractivity contribution is 5.79. The summed E-state index contributed by atoms with van der Waals surface area (Å²) in [5.74, 6) is -0.819. The van der Waals surface area contributed by atoms with Crippen LogP contribution in [-0.4, -0.2) is 127 Å². The number of ketones is 1. The predicted molar refractivity (Wildman–Crippen MR) is 188 cm³/mol. The molecule has 12 heteroatoms. The topological polar surface area (TPSA) is 157 Å². The fourth-order valence-electron chi connectivity index (χ4n) is 10.8. The van der Waals surface area contributed by atoms with Crippen LogP contribution < -0.4 is 5.73 Å². The van der Waals surface area contributed by atoms with Gasteiger partial charge >= 0.3 is 0 Å². The number of aliphatic hydroxyl groups excluding tert-OH is 2. The second-order valence-corrected chi connectivity index (χ2v) is 17.2. The van der Waals surface area contributed by atoms with Crippen LogP contribution in [0.2, 0.25) is 0 Å². The van der Waals surface area contributed by atoms with Gasteiger partial charge in [0.25, 0.3) is 0 Å². The number of carbonyl (C=O) groups excluding carboxylic acids is 1. The first-order valence-corrected chi connectivity index (χ1v) is 20.1. The first-order valence-electron chi connectivity index (χ1n) is 20.1. The lowest BCUT2D eigenvalue weighted by Crippen LogP contribution is -2.58. The molecular formula is C40H61NO11. The van der Waals surface area contributed by atoms with Crippen molar-refractivity contribution in [2.75, 3.05) is 13.7 Å². The zero-order chi connectivity index (χ0) is 36.3. The van der Waals surface area contributed by atoms with E-state index < -0.39 is 30.2 Å². The number of hydrogen-bond donors (Lipinski definition) is 3. The Morgan fingerprint density at radius 1 is 0.846 bits per heavy atom. The quantitative estimate of drug-likeness (QED) is 0.363. The Hall–Kier alpha value is -1.29. The third-order valence-corrected chi connectivity index (χ3v) is 13.6. The number of rotatable bonds is 4. The molecule has 0 aromatic heterocycles. The fraction of sp³-hybridized carbons (Fsp3) is 0.875. The Balaban J connectivity index is 1.06. The van der Waals surface area contributed by atoms with Crippen molar-refractivity contribution in [1.29, 1.82) is 0 Å². The Labute approximate surface area is 308 Å². The standard InChI is InChI=1S/C40H61NO11/c1-20-11-25-5-7-30-21(2)12-27(46-30)9-10-40-18-29(44)38(52-40)35-17-36(51-40)39-31(49-35)8-6-26(48-39)13-23(42)14-28-33(16-32(47-25)22(20)3)50-34(37(28)45-4)15-24(43)19-41/h20,24-39,43-44H,2-3,5-19,41H2,1,4H3/t20-,24+,25+,26-,27+,28+,29-,30+,31+,32-,33+,34-,35-,36-,37-,38+,39?,40-/m1/s1.